The number of aromatic nitrogens is 1. The molecule has 2 N–H and O–H groups in total. The van der Waals surface area contributed by atoms with E-state index in [2.05, 4.69) is 35.4 Å². The Bertz CT molecular complexity index is 945. The maximum absolute atomic E-state index is 12.1. The van der Waals surface area contributed by atoms with Crippen LogP contribution in [0.15, 0.2) is 41.3 Å². The van der Waals surface area contributed by atoms with Crippen LogP contribution in [0.1, 0.15) is 70.8 Å². The predicted octanol–water partition coefficient (Wildman–Crippen LogP) is 4.39. The van der Waals surface area contributed by atoms with Crippen LogP contribution < -0.4 is 5.32 Å². The second-order valence-corrected chi connectivity index (χ2v) is 11.1. The number of fused-ring (bicyclic) bond motifs is 5. The summed E-state index contributed by atoms with van der Waals surface area (Å²) in [6.07, 6.45) is 14.5. The fourth-order valence-electron chi connectivity index (χ4n) is 7.54. The molecular formula is C27H37N3O3. The molecule has 0 aromatic carbocycles. The number of pyridine rings is 1. The summed E-state index contributed by atoms with van der Waals surface area (Å²) >= 11 is 0. The summed E-state index contributed by atoms with van der Waals surface area (Å²) in [6.45, 7) is 5.18. The van der Waals surface area contributed by atoms with E-state index >= 15 is 0 Å². The van der Waals surface area contributed by atoms with Crippen LogP contribution in [0.2, 0.25) is 0 Å². The van der Waals surface area contributed by atoms with Crippen molar-refractivity contribution in [1.82, 2.24) is 10.3 Å². The zero-order valence-electron chi connectivity index (χ0n) is 19.9. The van der Waals surface area contributed by atoms with Crippen molar-refractivity contribution in [3.05, 3.63) is 41.7 Å². The molecule has 6 nitrogen and oxygen atoms in total. The van der Waals surface area contributed by atoms with Gasteiger partial charge in [-0.15, -0.1) is 0 Å². The van der Waals surface area contributed by atoms with Crippen molar-refractivity contribution in [2.75, 3.05) is 6.61 Å². The molecule has 178 valence electrons. The van der Waals surface area contributed by atoms with Crippen molar-refractivity contribution in [3.8, 4) is 0 Å². The Labute approximate surface area is 196 Å². The van der Waals surface area contributed by atoms with E-state index in [1.54, 1.807) is 12.4 Å². The number of aliphatic hydroxyl groups excluding tert-OH is 1. The van der Waals surface area contributed by atoms with Crippen molar-refractivity contribution in [2.24, 2.45) is 33.7 Å². The molecule has 4 aliphatic carbocycles. The molecule has 0 radical (unpaired) electrons. The van der Waals surface area contributed by atoms with Gasteiger partial charge in [0, 0.05) is 18.9 Å². The molecule has 1 heterocycles. The van der Waals surface area contributed by atoms with Gasteiger partial charge in [0.1, 0.15) is 0 Å². The van der Waals surface area contributed by atoms with Crippen molar-refractivity contribution in [1.29, 1.82) is 0 Å². The monoisotopic (exact) mass is 451 g/mol. The molecule has 0 aliphatic heterocycles. The van der Waals surface area contributed by atoms with E-state index in [0.29, 0.717) is 18.4 Å². The van der Waals surface area contributed by atoms with E-state index in [9.17, 15) is 9.90 Å². The quantitative estimate of drug-likeness (QED) is 0.650. The van der Waals surface area contributed by atoms with E-state index in [-0.39, 0.29) is 29.4 Å². The number of nitrogens with one attached hydrogen (secondary N) is 1. The Hall–Kier alpha value is -2.21. The lowest BCUT2D eigenvalue weighted by atomic mass is 9.47. The molecule has 1 aromatic rings. The van der Waals surface area contributed by atoms with Crippen LogP contribution in [-0.2, 0) is 16.2 Å². The van der Waals surface area contributed by atoms with E-state index in [1.165, 1.54) is 24.8 Å². The van der Waals surface area contributed by atoms with Crippen LogP contribution in [0.5, 0.6) is 0 Å². The fourth-order valence-corrected chi connectivity index (χ4v) is 7.54. The fraction of sp³-hybridized carbons (Fsp3) is 0.667. The lowest BCUT2D eigenvalue weighted by molar-refractivity contribution is -0.125. The molecule has 0 bridgehead atoms. The third-order valence-electron chi connectivity index (χ3n) is 9.52. The highest BCUT2D eigenvalue weighted by Crippen LogP contribution is 2.65. The zero-order valence-corrected chi connectivity index (χ0v) is 19.9. The molecule has 3 saturated carbocycles. The lowest BCUT2D eigenvalue weighted by Gasteiger charge is -2.57. The maximum atomic E-state index is 12.1. The first-order chi connectivity index (χ1) is 15.9. The van der Waals surface area contributed by atoms with Crippen molar-refractivity contribution in [3.63, 3.8) is 0 Å². The topological polar surface area (TPSA) is 83.8 Å². The van der Waals surface area contributed by atoms with Gasteiger partial charge in [0.25, 0.3) is 5.91 Å². The summed E-state index contributed by atoms with van der Waals surface area (Å²) in [5, 5.41) is 17.8. The molecule has 33 heavy (non-hydrogen) atoms. The number of rotatable bonds is 5. The number of aliphatic hydroxyl groups is 1. The van der Waals surface area contributed by atoms with Crippen molar-refractivity contribution < 1.29 is 14.7 Å². The first kappa shape index (κ1) is 22.6. The van der Waals surface area contributed by atoms with E-state index in [0.717, 1.165) is 49.3 Å². The maximum Gasteiger partial charge on any atom is 0.261 e. The first-order valence-corrected chi connectivity index (χ1v) is 12.6. The van der Waals surface area contributed by atoms with Gasteiger partial charge < -0.3 is 15.3 Å². The molecule has 4 unspecified atom stereocenters. The third-order valence-corrected chi connectivity index (χ3v) is 9.52. The highest BCUT2D eigenvalue weighted by atomic mass is 16.6. The Kier molecular flexibility index (Phi) is 6.06. The number of hydrogen-bond donors (Lipinski definition) is 2. The van der Waals surface area contributed by atoms with Crippen molar-refractivity contribution in [2.45, 2.75) is 77.9 Å². The number of amides is 1. The van der Waals surface area contributed by atoms with Crippen LogP contribution >= 0.6 is 0 Å². The van der Waals surface area contributed by atoms with Gasteiger partial charge in [0.2, 0.25) is 0 Å². The Balaban J connectivity index is 1.19. The highest BCUT2D eigenvalue weighted by molar-refractivity contribution is 5.96. The predicted molar refractivity (Wildman–Crippen MR) is 127 cm³/mol. The van der Waals surface area contributed by atoms with E-state index in [1.807, 2.05) is 12.1 Å². The molecule has 5 rings (SSSR count). The molecule has 6 heteroatoms. The molecule has 1 amide bonds. The SMILES string of the molecule is C[C@]12CCC3C(CCC4=CC(=NOCC(=O)NCc5cccnc5)CC[C@@]43C)C1CCC2O. The molecule has 3 fully saturated rings. The Morgan fingerprint density at radius 3 is 2.91 bits per heavy atom. The second-order valence-electron chi connectivity index (χ2n) is 11.1. The third kappa shape index (κ3) is 4.11. The van der Waals surface area contributed by atoms with Crippen LogP contribution in [0.4, 0.5) is 0 Å². The highest BCUT2D eigenvalue weighted by Gasteiger charge is 2.58. The van der Waals surface area contributed by atoms with Gasteiger partial charge in [-0.25, -0.2) is 0 Å². The van der Waals surface area contributed by atoms with E-state index in [4.69, 9.17) is 4.84 Å². The number of carbonyl (C=O) groups is 1. The summed E-state index contributed by atoms with van der Waals surface area (Å²) in [6, 6.07) is 3.78. The largest absolute Gasteiger partial charge is 0.393 e. The number of nitrogens with zero attached hydrogens (tertiary/aromatic N) is 2. The second kappa shape index (κ2) is 8.86. The first-order valence-electron chi connectivity index (χ1n) is 12.6. The number of hydrogen-bond acceptors (Lipinski definition) is 5. The lowest BCUT2D eigenvalue weighted by Crippen LogP contribution is -2.51. The van der Waals surface area contributed by atoms with Crippen LogP contribution in [-0.4, -0.2) is 34.4 Å². The molecule has 4 aliphatic rings. The van der Waals surface area contributed by atoms with Gasteiger partial charge in [-0.3, -0.25) is 9.78 Å². The minimum atomic E-state index is -0.180. The van der Waals surface area contributed by atoms with Gasteiger partial charge in [-0.1, -0.05) is 30.6 Å². The van der Waals surface area contributed by atoms with Gasteiger partial charge in [-0.05, 0) is 97.7 Å². The van der Waals surface area contributed by atoms with Gasteiger partial charge in [0.05, 0.1) is 11.8 Å². The Morgan fingerprint density at radius 2 is 2.09 bits per heavy atom. The Morgan fingerprint density at radius 1 is 1.21 bits per heavy atom. The van der Waals surface area contributed by atoms with Crippen molar-refractivity contribution >= 4 is 11.6 Å². The van der Waals surface area contributed by atoms with Gasteiger partial charge >= 0.3 is 0 Å². The normalized spacial score (nSPS) is 38.6. The molecule has 6 atom stereocenters. The van der Waals surface area contributed by atoms with Gasteiger partial charge in [-0.2, -0.15) is 0 Å². The molecule has 1 aromatic heterocycles. The smallest absolute Gasteiger partial charge is 0.261 e. The average Bonchev–Trinajstić information content (AvgIpc) is 3.13. The zero-order chi connectivity index (χ0) is 23.1. The van der Waals surface area contributed by atoms with Gasteiger partial charge in [0.15, 0.2) is 6.61 Å². The summed E-state index contributed by atoms with van der Waals surface area (Å²) < 4.78 is 0. The summed E-state index contributed by atoms with van der Waals surface area (Å²) in [7, 11) is 0. The van der Waals surface area contributed by atoms with Crippen LogP contribution in [0.25, 0.3) is 0 Å². The number of oxime groups is 1. The summed E-state index contributed by atoms with van der Waals surface area (Å²) in [5.74, 6) is 1.94. The number of carbonyl (C=O) groups excluding carboxylic acids is 1. The summed E-state index contributed by atoms with van der Waals surface area (Å²) in [4.78, 5) is 21.5. The van der Waals surface area contributed by atoms with E-state index < -0.39 is 0 Å². The average molecular weight is 452 g/mol. The standard InChI is InChI=1S/C27H37N3O3/c1-26-11-9-20(30-33-17-25(32)29-16-18-4-3-13-28-15-18)14-19(26)5-6-21-22-7-8-24(31)27(22,2)12-10-23(21)26/h3-4,13-15,21-24,31H,5-12,16-17H2,1-2H3,(H,29,32)/t21?,22?,23?,24?,26-,27-/m0/s1. The molecular weight excluding hydrogens is 414 g/mol. The van der Waals surface area contributed by atoms with Crippen LogP contribution in [0, 0.1) is 28.6 Å². The van der Waals surface area contributed by atoms with Crippen LogP contribution in [0.3, 0.4) is 0 Å². The molecule has 0 spiro atoms. The number of allylic oxidation sites excluding steroid dienone is 2. The molecule has 0 saturated heterocycles. The summed E-state index contributed by atoms with van der Waals surface area (Å²) in [5.41, 5.74) is 3.79. The minimum absolute atomic E-state index is 0.0719. The minimum Gasteiger partial charge on any atom is -0.393 e.